The van der Waals surface area contributed by atoms with Crippen molar-refractivity contribution in [3.8, 4) is 0 Å². The maximum Gasteiger partial charge on any atom is 0.247 e. The first-order chi connectivity index (χ1) is 15.8. The van der Waals surface area contributed by atoms with Crippen LogP contribution in [0.1, 0.15) is 38.7 Å². The summed E-state index contributed by atoms with van der Waals surface area (Å²) < 4.78 is 0. The van der Waals surface area contributed by atoms with Crippen LogP contribution in [0.15, 0.2) is 30.3 Å². The lowest BCUT2D eigenvalue weighted by Crippen LogP contribution is -2.62. The molecule has 3 atom stereocenters. The molecule has 0 aliphatic carbocycles. The summed E-state index contributed by atoms with van der Waals surface area (Å²) in [6, 6.07) is 7.84. The summed E-state index contributed by atoms with van der Waals surface area (Å²) in [4.78, 5) is 55.2. The average Bonchev–Trinajstić information content (AvgIpc) is 3.18. The number of rotatable bonds is 7. The summed E-state index contributed by atoms with van der Waals surface area (Å²) in [5.41, 5.74) is 0.902. The highest BCUT2D eigenvalue weighted by molar-refractivity contribution is 5.94. The minimum absolute atomic E-state index is 0.0290. The van der Waals surface area contributed by atoms with Gasteiger partial charge in [0.2, 0.25) is 23.6 Å². The second kappa shape index (κ2) is 11.3. The Morgan fingerprint density at radius 1 is 1.09 bits per heavy atom. The van der Waals surface area contributed by atoms with E-state index in [0.29, 0.717) is 25.8 Å². The van der Waals surface area contributed by atoms with E-state index in [-0.39, 0.29) is 55.2 Å². The molecule has 0 saturated carbocycles. The number of carbonyl (C=O) groups is 4. The largest absolute Gasteiger partial charge is 0.352 e. The van der Waals surface area contributed by atoms with Gasteiger partial charge in [0.05, 0.1) is 13.0 Å². The van der Waals surface area contributed by atoms with Crippen LogP contribution in [0.3, 0.4) is 0 Å². The van der Waals surface area contributed by atoms with Crippen molar-refractivity contribution in [3.63, 3.8) is 0 Å². The van der Waals surface area contributed by atoms with Crippen LogP contribution in [0.5, 0.6) is 0 Å². The molecule has 2 fully saturated rings. The predicted octanol–water partition coefficient (Wildman–Crippen LogP) is 0.0498. The van der Waals surface area contributed by atoms with E-state index in [0.717, 1.165) is 5.56 Å². The molecule has 0 radical (unpaired) electrons. The topological polar surface area (TPSA) is 111 Å². The Kier molecular flexibility index (Phi) is 8.43. The summed E-state index contributed by atoms with van der Waals surface area (Å²) in [5, 5.41) is 8.47. The van der Waals surface area contributed by atoms with Crippen LogP contribution in [0.4, 0.5) is 0 Å². The van der Waals surface area contributed by atoms with Crippen molar-refractivity contribution in [3.05, 3.63) is 35.9 Å². The molecular weight excluding hydrogens is 422 g/mol. The Hall–Kier alpha value is -2.94. The van der Waals surface area contributed by atoms with E-state index in [4.69, 9.17) is 0 Å². The Morgan fingerprint density at radius 2 is 1.82 bits per heavy atom. The van der Waals surface area contributed by atoms with Crippen molar-refractivity contribution >= 4 is 23.6 Å². The molecule has 4 amide bonds. The summed E-state index contributed by atoms with van der Waals surface area (Å²) in [6.45, 7) is 4.38. The molecule has 2 unspecified atom stereocenters. The van der Waals surface area contributed by atoms with Crippen molar-refractivity contribution in [1.82, 2.24) is 25.8 Å². The number of likely N-dealkylation sites (N-methyl/N-ethyl adjacent to an activating group) is 1. The van der Waals surface area contributed by atoms with Crippen molar-refractivity contribution < 1.29 is 19.2 Å². The van der Waals surface area contributed by atoms with Crippen molar-refractivity contribution in [1.29, 1.82) is 0 Å². The zero-order valence-corrected chi connectivity index (χ0v) is 19.7. The molecule has 2 heterocycles. The van der Waals surface area contributed by atoms with Crippen LogP contribution in [-0.2, 0) is 25.6 Å². The van der Waals surface area contributed by atoms with Gasteiger partial charge in [-0.15, -0.1) is 0 Å². The van der Waals surface area contributed by atoms with Gasteiger partial charge < -0.3 is 25.8 Å². The number of fused-ring (bicyclic) bond motifs is 1. The number of benzene rings is 1. The fraction of sp³-hybridized carbons (Fsp3) is 0.583. The second-order valence-corrected chi connectivity index (χ2v) is 9.10. The number of nitrogens with zero attached hydrogens (tertiary/aromatic N) is 2. The molecule has 2 aliphatic rings. The molecule has 0 spiro atoms. The first-order valence-electron chi connectivity index (χ1n) is 11.7. The lowest BCUT2D eigenvalue weighted by molar-refractivity contribution is -0.146. The van der Waals surface area contributed by atoms with Gasteiger partial charge in [-0.25, -0.2) is 0 Å². The highest BCUT2D eigenvalue weighted by atomic mass is 16.2. The first kappa shape index (κ1) is 24.7. The summed E-state index contributed by atoms with van der Waals surface area (Å²) in [7, 11) is 1.65. The Labute approximate surface area is 195 Å². The predicted molar refractivity (Wildman–Crippen MR) is 124 cm³/mol. The Bertz CT molecular complexity index is 860. The van der Waals surface area contributed by atoms with Gasteiger partial charge in [-0.2, -0.15) is 0 Å². The number of amides is 4. The lowest BCUT2D eigenvalue weighted by Gasteiger charge is -2.39. The Morgan fingerprint density at radius 3 is 2.48 bits per heavy atom. The Balaban J connectivity index is 1.81. The maximum atomic E-state index is 13.6. The number of hydrogen-bond donors (Lipinski definition) is 3. The monoisotopic (exact) mass is 457 g/mol. The highest BCUT2D eigenvalue weighted by Crippen LogP contribution is 2.29. The molecule has 9 heteroatoms. The normalized spacial score (nSPS) is 23.0. The van der Waals surface area contributed by atoms with E-state index in [1.165, 1.54) is 0 Å². The number of hydrogen-bond acceptors (Lipinski definition) is 5. The van der Waals surface area contributed by atoms with Gasteiger partial charge in [-0.1, -0.05) is 30.3 Å². The van der Waals surface area contributed by atoms with Crippen LogP contribution in [0.25, 0.3) is 0 Å². The highest BCUT2D eigenvalue weighted by Gasteiger charge is 2.45. The third-order valence-corrected chi connectivity index (χ3v) is 6.15. The molecule has 180 valence electrons. The van der Waals surface area contributed by atoms with Gasteiger partial charge in [0.15, 0.2) is 0 Å². The standard InChI is InChI=1S/C24H35N5O4/c1-16(2)26-23(32)20-10-9-18-11-12-28(22(31)13-17-7-5-4-6-8-17)15-19(24(33)29(18)20)27-21(30)14-25-3/h4-8,16,18-20,25H,9-15H2,1-3H3,(H,26,32)(H,27,30)/t18-,19?,20?/m1/s1. The molecule has 0 aromatic heterocycles. The van der Waals surface area contributed by atoms with Crippen LogP contribution >= 0.6 is 0 Å². The minimum atomic E-state index is -0.902. The molecule has 3 rings (SSSR count). The van der Waals surface area contributed by atoms with E-state index in [1.807, 2.05) is 44.2 Å². The number of carbonyl (C=O) groups excluding carboxylic acids is 4. The van der Waals surface area contributed by atoms with Gasteiger partial charge in [0.25, 0.3) is 0 Å². The van der Waals surface area contributed by atoms with Gasteiger partial charge in [0.1, 0.15) is 12.1 Å². The maximum absolute atomic E-state index is 13.6. The minimum Gasteiger partial charge on any atom is -0.352 e. The molecule has 33 heavy (non-hydrogen) atoms. The number of nitrogens with one attached hydrogen (secondary N) is 3. The molecule has 3 N–H and O–H groups in total. The SMILES string of the molecule is CNCC(=O)NC1CN(C(=O)Cc2ccccc2)CC[C@H]2CCC(C(=O)NC(C)C)N2C1=O. The van der Waals surface area contributed by atoms with E-state index in [2.05, 4.69) is 16.0 Å². The molecule has 1 aromatic carbocycles. The molecule has 2 aliphatic heterocycles. The van der Waals surface area contributed by atoms with Crippen LogP contribution in [-0.4, -0.2) is 84.3 Å². The van der Waals surface area contributed by atoms with E-state index < -0.39 is 12.1 Å². The van der Waals surface area contributed by atoms with Gasteiger partial charge >= 0.3 is 0 Å². The second-order valence-electron chi connectivity index (χ2n) is 9.10. The van der Waals surface area contributed by atoms with Crippen LogP contribution in [0.2, 0.25) is 0 Å². The van der Waals surface area contributed by atoms with Gasteiger partial charge in [-0.05, 0) is 45.7 Å². The van der Waals surface area contributed by atoms with E-state index >= 15 is 0 Å². The van der Waals surface area contributed by atoms with Gasteiger partial charge in [-0.3, -0.25) is 19.2 Å². The summed E-state index contributed by atoms with van der Waals surface area (Å²) in [6.07, 6.45) is 2.11. The average molecular weight is 458 g/mol. The zero-order valence-electron chi connectivity index (χ0n) is 19.7. The smallest absolute Gasteiger partial charge is 0.247 e. The van der Waals surface area contributed by atoms with Crippen LogP contribution in [0, 0.1) is 0 Å². The van der Waals surface area contributed by atoms with E-state index in [9.17, 15) is 19.2 Å². The third-order valence-electron chi connectivity index (χ3n) is 6.15. The summed E-state index contributed by atoms with van der Waals surface area (Å²) in [5.74, 6) is -0.880. The molecule has 0 bridgehead atoms. The molecular formula is C24H35N5O4. The van der Waals surface area contributed by atoms with Crippen molar-refractivity contribution in [2.45, 2.75) is 63.7 Å². The zero-order chi connectivity index (χ0) is 24.0. The van der Waals surface area contributed by atoms with Crippen molar-refractivity contribution in [2.75, 3.05) is 26.7 Å². The van der Waals surface area contributed by atoms with Crippen molar-refractivity contribution in [2.24, 2.45) is 0 Å². The quantitative estimate of drug-likeness (QED) is 0.536. The molecule has 9 nitrogen and oxygen atoms in total. The fourth-order valence-electron chi connectivity index (χ4n) is 4.63. The van der Waals surface area contributed by atoms with Crippen LogP contribution < -0.4 is 16.0 Å². The third kappa shape index (κ3) is 6.31. The first-order valence-corrected chi connectivity index (χ1v) is 11.7. The fourth-order valence-corrected chi connectivity index (χ4v) is 4.63. The molecule has 2 saturated heterocycles. The summed E-state index contributed by atoms with van der Waals surface area (Å²) >= 11 is 0. The van der Waals surface area contributed by atoms with E-state index in [1.54, 1.807) is 16.8 Å². The molecule has 1 aromatic rings. The van der Waals surface area contributed by atoms with Gasteiger partial charge in [0, 0.05) is 25.2 Å². The lowest BCUT2D eigenvalue weighted by atomic mass is 10.1.